The minimum Gasteiger partial charge on any atom is -0.356 e. The molecule has 28 heavy (non-hydrogen) atoms. The number of benzene rings is 1. The van der Waals surface area contributed by atoms with Gasteiger partial charge in [0.25, 0.3) is 11.1 Å². The molecule has 1 saturated heterocycles. The second-order valence-electron chi connectivity index (χ2n) is 6.11. The van der Waals surface area contributed by atoms with Crippen LogP contribution in [0, 0.1) is 0 Å². The van der Waals surface area contributed by atoms with Crippen molar-refractivity contribution in [3.8, 4) is 0 Å². The van der Waals surface area contributed by atoms with E-state index < -0.39 is 5.91 Å². The summed E-state index contributed by atoms with van der Waals surface area (Å²) in [6.07, 6.45) is 7.72. The Bertz CT molecular complexity index is 898. The number of rotatable bonds is 8. The first kappa shape index (κ1) is 20.2. The Morgan fingerprint density at radius 3 is 2.82 bits per heavy atom. The molecule has 0 radical (unpaired) electrons. The summed E-state index contributed by atoms with van der Waals surface area (Å²) in [7, 11) is 0. The molecule has 3 amide bonds. The minimum absolute atomic E-state index is 0.0535. The zero-order chi connectivity index (χ0) is 19.9. The third-order valence-electron chi connectivity index (χ3n) is 4.10. The zero-order valence-electron chi connectivity index (χ0n) is 15.0. The Labute approximate surface area is 171 Å². The molecule has 2 heterocycles. The van der Waals surface area contributed by atoms with Gasteiger partial charge in [0.05, 0.1) is 11.2 Å². The fourth-order valence-electron chi connectivity index (χ4n) is 2.64. The second kappa shape index (κ2) is 9.57. The van der Waals surface area contributed by atoms with Gasteiger partial charge in [-0.2, -0.15) is 0 Å². The monoisotopic (exact) mass is 418 g/mol. The van der Waals surface area contributed by atoms with Gasteiger partial charge in [0.2, 0.25) is 5.91 Å². The van der Waals surface area contributed by atoms with Crippen molar-refractivity contribution in [1.82, 2.24) is 19.8 Å². The summed E-state index contributed by atoms with van der Waals surface area (Å²) in [6.45, 7) is 1.33. The maximum Gasteiger partial charge on any atom is 0.293 e. The van der Waals surface area contributed by atoms with Crippen LogP contribution in [0.5, 0.6) is 0 Å². The number of nitrogens with one attached hydrogen (secondary N) is 1. The largest absolute Gasteiger partial charge is 0.356 e. The lowest BCUT2D eigenvalue weighted by Crippen LogP contribution is -2.34. The van der Waals surface area contributed by atoms with Gasteiger partial charge in [0.1, 0.15) is 0 Å². The maximum atomic E-state index is 12.5. The molecule has 1 N–H and O–H groups in total. The number of thioether (sulfide) groups is 1. The Kier molecular flexibility index (Phi) is 6.89. The fourth-order valence-corrected chi connectivity index (χ4v) is 3.68. The average molecular weight is 419 g/mol. The van der Waals surface area contributed by atoms with Gasteiger partial charge in [-0.1, -0.05) is 29.8 Å². The average Bonchev–Trinajstić information content (AvgIpc) is 3.28. The number of imide groups is 1. The van der Waals surface area contributed by atoms with E-state index in [1.54, 1.807) is 42.9 Å². The van der Waals surface area contributed by atoms with E-state index >= 15 is 0 Å². The van der Waals surface area contributed by atoms with Gasteiger partial charge in [0.15, 0.2) is 0 Å². The van der Waals surface area contributed by atoms with Crippen LogP contribution in [-0.2, 0) is 16.1 Å². The molecule has 1 aromatic heterocycles. The van der Waals surface area contributed by atoms with Crippen LogP contribution >= 0.6 is 23.4 Å². The highest BCUT2D eigenvalue weighted by atomic mass is 35.5. The first-order chi connectivity index (χ1) is 13.5. The van der Waals surface area contributed by atoms with Crippen molar-refractivity contribution >= 4 is 46.5 Å². The van der Waals surface area contributed by atoms with Gasteiger partial charge in [-0.05, 0) is 35.9 Å². The second-order valence-corrected chi connectivity index (χ2v) is 7.51. The SMILES string of the molecule is O=C(CCN1C(=O)SC(=Cc2ccccc2Cl)C1=O)NCCCn1ccnc1. The van der Waals surface area contributed by atoms with Gasteiger partial charge in [0, 0.05) is 43.5 Å². The number of imidazole rings is 1. The Morgan fingerprint density at radius 1 is 1.25 bits per heavy atom. The maximum absolute atomic E-state index is 12.5. The molecule has 9 heteroatoms. The molecule has 0 aliphatic carbocycles. The van der Waals surface area contributed by atoms with Crippen molar-refractivity contribution in [2.45, 2.75) is 19.4 Å². The van der Waals surface area contributed by atoms with Crippen LogP contribution in [0.1, 0.15) is 18.4 Å². The molecule has 0 saturated carbocycles. The molecular weight excluding hydrogens is 400 g/mol. The summed E-state index contributed by atoms with van der Waals surface area (Å²) in [5.74, 6) is -0.595. The molecular formula is C19H19ClN4O3S. The number of carbonyl (C=O) groups excluding carboxylic acids is 3. The zero-order valence-corrected chi connectivity index (χ0v) is 16.6. The predicted octanol–water partition coefficient (Wildman–Crippen LogP) is 3.17. The number of nitrogens with zero attached hydrogens (tertiary/aromatic N) is 3. The number of halogens is 1. The van der Waals surface area contributed by atoms with E-state index in [2.05, 4.69) is 10.3 Å². The molecule has 0 unspecified atom stereocenters. The van der Waals surface area contributed by atoms with E-state index in [4.69, 9.17) is 11.6 Å². The molecule has 3 rings (SSSR count). The van der Waals surface area contributed by atoms with E-state index in [1.807, 2.05) is 10.8 Å². The summed E-state index contributed by atoms with van der Waals surface area (Å²) < 4.78 is 1.93. The molecule has 1 aromatic carbocycles. The standard InChI is InChI=1S/C19H19ClN4O3S/c20-15-5-2-1-4-14(15)12-16-18(26)24(19(27)28-16)10-6-17(25)22-7-3-9-23-11-8-21-13-23/h1-2,4-5,8,11-13H,3,6-7,9-10H2,(H,22,25). The van der Waals surface area contributed by atoms with Crippen LogP contribution in [0.2, 0.25) is 5.02 Å². The molecule has 1 fully saturated rings. The number of hydrogen-bond acceptors (Lipinski definition) is 5. The third-order valence-corrected chi connectivity index (χ3v) is 5.35. The van der Waals surface area contributed by atoms with Crippen molar-refractivity contribution in [1.29, 1.82) is 0 Å². The van der Waals surface area contributed by atoms with E-state index in [9.17, 15) is 14.4 Å². The highest BCUT2D eigenvalue weighted by Crippen LogP contribution is 2.33. The van der Waals surface area contributed by atoms with Gasteiger partial charge in [-0.25, -0.2) is 4.98 Å². The summed E-state index contributed by atoms with van der Waals surface area (Å²) >= 11 is 6.95. The fraction of sp³-hybridized carbons (Fsp3) is 0.263. The lowest BCUT2D eigenvalue weighted by atomic mass is 10.2. The van der Waals surface area contributed by atoms with E-state index in [0.29, 0.717) is 22.0 Å². The van der Waals surface area contributed by atoms with Crippen molar-refractivity contribution in [2.24, 2.45) is 0 Å². The van der Waals surface area contributed by atoms with E-state index in [1.165, 1.54) is 0 Å². The van der Waals surface area contributed by atoms with E-state index in [0.717, 1.165) is 29.6 Å². The molecule has 146 valence electrons. The summed E-state index contributed by atoms with van der Waals surface area (Å²) in [4.78, 5) is 41.9. The number of aromatic nitrogens is 2. The van der Waals surface area contributed by atoms with Gasteiger partial charge in [-0.3, -0.25) is 19.3 Å². The highest BCUT2D eigenvalue weighted by molar-refractivity contribution is 8.18. The van der Waals surface area contributed by atoms with Crippen molar-refractivity contribution in [2.75, 3.05) is 13.1 Å². The van der Waals surface area contributed by atoms with Crippen molar-refractivity contribution in [3.63, 3.8) is 0 Å². The van der Waals surface area contributed by atoms with Crippen molar-refractivity contribution < 1.29 is 14.4 Å². The Hall–Kier alpha value is -2.58. The Morgan fingerprint density at radius 2 is 2.07 bits per heavy atom. The number of carbonyl (C=O) groups is 3. The minimum atomic E-state index is -0.400. The topological polar surface area (TPSA) is 84.3 Å². The smallest absolute Gasteiger partial charge is 0.293 e. The molecule has 1 aliphatic heterocycles. The highest BCUT2D eigenvalue weighted by Gasteiger charge is 2.35. The lowest BCUT2D eigenvalue weighted by Gasteiger charge is -2.12. The number of hydrogen-bond donors (Lipinski definition) is 1. The summed E-state index contributed by atoms with van der Waals surface area (Å²) in [5.41, 5.74) is 0.672. The molecule has 0 spiro atoms. The lowest BCUT2D eigenvalue weighted by molar-refractivity contribution is -0.124. The number of amides is 3. The van der Waals surface area contributed by atoms with Crippen LogP contribution in [0.3, 0.4) is 0 Å². The molecule has 0 bridgehead atoms. The first-order valence-corrected chi connectivity index (χ1v) is 9.96. The third kappa shape index (κ3) is 5.24. The quantitative estimate of drug-likeness (QED) is 0.525. The van der Waals surface area contributed by atoms with Crippen LogP contribution < -0.4 is 5.32 Å². The van der Waals surface area contributed by atoms with Crippen molar-refractivity contribution in [3.05, 3.63) is 58.5 Å². The Balaban J connectivity index is 1.46. The van der Waals surface area contributed by atoms with Crippen LogP contribution in [0.4, 0.5) is 4.79 Å². The van der Waals surface area contributed by atoms with Gasteiger partial charge < -0.3 is 9.88 Å². The molecule has 0 atom stereocenters. The van der Waals surface area contributed by atoms with Crippen LogP contribution in [0.25, 0.3) is 6.08 Å². The molecule has 2 aromatic rings. The van der Waals surface area contributed by atoms with E-state index in [-0.39, 0.29) is 24.1 Å². The van der Waals surface area contributed by atoms with Gasteiger partial charge >= 0.3 is 0 Å². The summed E-state index contributed by atoms with van der Waals surface area (Å²) in [5, 5.41) is 2.92. The molecule has 1 aliphatic rings. The molecule has 7 nitrogen and oxygen atoms in total. The first-order valence-electron chi connectivity index (χ1n) is 8.77. The van der Waals surface area contributed by atoms with Crippen LogP contribution in [-0.4, -0.2) is 44.6 Å². The summed E-state index contributed by atoms with van der Waals surface area (Å²) in [6, 6.07) is 7.08. The predicted molar refractivity (Wildman–Crippen MR) is 109 cm³/mol. The van der Waals surface area contributed by atoms with Gasteiger partial charge in [-0.15, -0.1) is 0 Å². The van der Waals surface area contributed by atoms with Crippen LogP contribution in [0.15, 0.2) is 47.9 Å². The normalized spacial score (nSPS) is 15.5. The number of aryl methyl sites for hydroxylation is 1.